The predicted molar refractivity (Wildman–Crippen MR) is 67.8 cm³/mol. The molecule has 1 aromatic carbocycles. The maximum atomic E-state index is 10.8. The van der Waals surface area contributed by atoms with Crippen LogP contribution in [-0.4, -0.2) is 28.3 Å². The number of hydrogen-bond donors (Lipinski definition) is 3. The van der Waals surface area contributed by atoms with Crippen LogP contribution in [0.25, 0.3) is 0 Å². The molecule has 0 spiro atoms. The summed E-state index contributed by atoms with van der Waals surface area (Å²) >= 11 is 5.86. The molecular formula is C12H16ClNO3. The van der Waals surface area contributed by atoms with E-state index in [4.69, 9.17) is 21.8 Å². The van der Waals surface area contributed by atoms with Gasteiger partial charge in [0.25, 0.3) is 0 Å². The lowest BCUT2D eigenvalue weighted by Gasteiger charge is -2.27. The van der Waals surface area contributed by atoms with Crippen molar-refractivity contribution in [2.24, 2.45) is 0 Å². The van der Waals surface area contributed by atoms with Crippen LogP contribution in [0.5, 0.6) is 0 Å². The van der Waals surface area contributed by atoms with Crippen molar-refractivity contribution in [3.05, 3.63) is 28.8 Å². The molecule has 0 atom stereocenters. The van der Waals surface area contributed by atoms with Crippen molar-refractivity contribution in [3.8, 4) is 0 Å². The molecule has 94 valence electrons. The minimum atomic E-state index is -1.05. The Kier molecular flexibility index (Phi) is 4.37. The van der Waals surface area contributed by atoms with E-state index < -0.39 is 5.97 Å². The molecule has 17 heavy (non-hydrogen) atoms. The topological polar surface area (TPSA) is 69.6 Å². The smallest absolute Gasteiger partial charge is 0.337 e. The van der Waals surface area contributed by atoms with Gasteiger partial charge in [-0.25, -0.2) is 4.79 Å². The van der Waals surface area contributed by atoms with Gasteiger partial charge in [0.15, 0.2) is 0 Å². The van der Waals surface area contributed by atoms with Crippen LogP contribution >= 0.6 is 11.6 Å². The molecule has 0 fully saturated rings. The number of aliphatic hydroxyl groups is 1. The molecule has 1 rings (SSSR count). The van der Waals surface area contributed by atoms with Crippen LogP contribution in [0.3, 0.4) is 0 Å². The Bertz CT molecular complexity index is 418. The zero-order valence-corrected chi connectivity index (χ0v) is 10.6. The Morgan fingerprint density at radius 2 is 2.12 bits per heavy atom. The standard InChI is InChI=1S/C12H16ClNO3/c1-12(2,5-6-15)14-8-3-4-9(11(16)17)10(13)7-8/h3-4,7,14-15H,5-6H2,1-2H3,(H,16,17). The first-order valence-corrected chi connectivity index (χ1v) is 5.65. The fraction of sp³-hybridized carbons (Fsp3) is 0.417. The van der Waals surface area contributed by atoms with Crippen molar-refractivity contribution < 1.29 is 15.0 Å². The highest BCUT2D eigenvalue weighted by Crippen LogP contribution is 2.24. The number of carbonyl (C=O) groups is 1. The lowest BCUT2D eigenvalue weighted by Crippen LogP contribution is -2.31. The zero-order valence-electron chi connectivity index (χ0n) is 9.83. The number of carboxylic acid groups (broad SMARTS) is 1. The molecule has 5 heteroatoms. The van der Waals surface area contributed by atoms with Crippen LogP contribution in [0, 0.1) is 0 Å². The van der Waals surface area contributed by atoms with Gasteiger partial charge in [-0.2, -0.15) is 0 Å². The third kappa shape index (κ3) is 3.91. The van der Waals surface area contributed by atoms with Crippen molar-refractivity contribution in [2.45, 2.75) is 25.8 Å². The van der Waals surface area contributed by atoms with E-state index in [9.17, 15) is 4.79 Å². The molecular weight excluding hydrogens is 242 g/mol. The SMILES string of the molecule is CC(C)(CCO)Nc1ccc(C(=O)O)c(Cl)c1. The largest absolute Gasteiger partial charge is 0.478 e. The quantitative estimate of drug-likeness (QED) is 0.758. The summed E-state index contributed by atoms with van der Waals surface area (Å²) in [6, 6.07) is 4.70. The number of hydrogen-bond acceptors (Lipinski definition) is 3. The predicted octanol–water partition coefficient (Wildman–Crippen LogP) is 2.61. The summed E-state index contributed by atoms with van der Waals surface area (Å²) in [5.41, 5.74) is 0.540. The molecule has 0 heterocycles. The van der Waals surface area contributed by atoms with Crippen LogP contribution in [0.2, 0.25) is 5.02 Å². The van der Waals surface area contributed by atoms with E-state index >= 15 is 0 Å². The van der Waals surface area contributed by atoms with E-state index in [2.05, 4.69) is 5.32 Å². The highest BCUT2D eigenvalue weighted by atomic mass is 35.5. The molecule has 0 amide bonds. The lowest BCUT2D eigenvalue weighted by molar-refractivity contribution is 0.0697. The van der Waals surface area contributed by atoms with E-state index in [1.54, 1.807) is 12.1 Å². The lowest BCUT2D eigenvalue weighted by atomic mass is 10.0. The monoisotopic (exact) mass is 257 g/mol. The molecule has 0 radical (unpaired) electrons. The second kappa shape index (κ2) is 5.38. The maximum Gasteiger partial charge on any atom is 0.337 e. The summed E-state index contributed by atoms with van der Waals surface area (Å²) in [6.45, 7) is 3.98. The Labute approximate surface area is 105 Å². The molecule has 0 aliphatic carbocycles. The van der Waals surface area contributed by atoms with E-state index in [0.29, 0.717) is 6.42 Å². The number of halogens is 1. The van der Waals surface area contributed by atoms with Crippen molar-refractivity contribution in [1.82, 2.24) is 0 Å². The number of anilines is 1. The Balaban J connectivity index is 2.88. The Morgan fingerprint density at radius 3 is 2.59 bits per heavy atom. The summed E-state index contributed by atoms with van der Waals surface area (Å²) in [7, 11) is 0. The molecule has 4 nitrogen and oxygen atoms in total. The number of carboxylic acids is 1. The summed E-state index contributed by atoms with van der Waals surface area (Å²) in [5.74, 6) is -1.05. The van der Waals surface area contributed by atoms with E-state index in [1.165, 1.54) is 6.07 Å². The number of benzene rings is 1. The van der Waals surface area contributed by atoms with Gasteiger partial charge in [0.1, 0.15) is 0 Å². The summed E-state index contributed by atoms with van der Waals surface area (Å²) in [5, 5.41) is 21.1. The Morgan fingerprint density at radius 1 is 1.47 bits per heavy atom. The second-order valence-electron chi connectivity index (χ2n) is 4.48. The van der Waals surface area contributed by atoms with E-state index in [-0.39, 0.29) is 22.7 Å². The van der Waals surface area contributed by atoms with Crippen molar-refractivity contribution in [1.29, 1.82) is 0 Å². The van der Waals surface area contributed by atoms with Crippen molar-refractivity contribution in [2.75, 3.05) is 11.9 Å². The second-order valence-corrected chi connectivity index (χ2v) is 4.89. The number of nitrogens with one attached hydrogen (secondary N) is 1. The highest BCUT2D eigenvalue weighted by Gasteiger charge is 2.17. The van der Waals surface area contributed by atoms with Gasteiger partial charge in [0, 0.05) is 17.8 Å². The molecule has 0 saturated carbocycles. The van der Waals surface area contributed by atoms with Crippen molar-refractivity contribution in [3.63, 3.8) is 0 Å². The summed E-state index contributed by atoms with van der Waals surface area (Å²) < 4.78 is 0. The van der Waals surface area contributed by atoms with Crippen LogP contribution in [0.15, 0.2) is 18.2 Å². The highest BCUT2D eigenvalue weighted by molar-refractivity contribution is 6.33. The molecule has 0 aromatic heterocycles. The number of aromatic carboxylic acids is 1. The minimum absolute atomic E-state index is 0.0807. The minimum Gasteiger partial charge on any atom is -0.478 e. The summed E-state index contributed by atoms with van der Waals surface area (Å²) in [6.07, 6.45) is 0.589. The summed E-state index contributed by atoms with van der Waals surface area (Å²) in [4.78, 5) is 10.8. The first kappa shape index (κ1) is 13.8. The van der Waals surface area contributed by atoms with Crippen molar-refractivity contribution >= 4 is 23.3 Å². The molecule has 0 aliphatic rings. The molecule has 0 unspecified atom stereocenters. The third-order valence-corrected chi connectivity index (χ3v) is 2.73. The average molecular weight is 258 g/mol. The molecule has 3 N–H and O–H groups in total. The zero-order chi connectivity index (χ0) is 13.1. The van der Waals surface area contributed by atoms with Gasteiger partial charge in [-0.05, 0) is 38.5 Å². The number of aliphatic hydroxyl groups excluding tert-OH is 1. The third-order valence-electron chi connectivity index (χ3n) is 2.42. The van der Waals surface area contributed by atoms with Gasteiger partial charge < -0.3 is 15.5 Å². The van der Waals surface area contributed by atoms with Crippen LogP contribution in [-0.2, 0) is 0 Å². The first-order chi connectivity index (χ1) is 7.85. The first-order valence-electron chi connectivity index (χ1n) is 5.27. The maximum absolute atomic E-state index is 10.8. The van der Waals surface area contributed by atoms with E-state index in [1.807, 2.05) is 13.8 Å². The van der Waals surface area contributed by atoms with E-state index in [0.717, 1.165) is 5.69 Å². The van der Waals surface area contributed by atoms with Gasteiger partial charge in [0.2, 0.25) is 0 Å². The molecule has 0 saturated heterocycles. The molecule has 0 bridgehead atoms. The fourth-order valence-electron chi connectivity index (χ4n) is 1.50. The van der Waals surface area contributed by atoms with Gasteiger partial charge in [-0.3, -0.25) is 0 Å². The Hall–Kier alpha value is -1.26. The van der Waals surface area contributed by atoms with Gasteiger partial charge in [-0.15, -0.1) is 0 Å². The van der Waals surface area contributed by atoms with Gasteiger partial charge in [0.05, 0.1) is 10.6 Å². The molecule has 0 aliphatic heterocycles. The van der Waals surface area contributed by atoms with Crippen LogP contribution < -0.4 is 5.32 Å². The van der Waals surface area contributed by atoms with Crippen LogP contribution in [0.4, 0.5) is 5.69 Å². The van der Waals surface area contributed by atoms with Crippen LogP contribution in [0.1, 0.15) is 30.6 Å². The normalized spacial score (nSPS) is 11.3. The number of rotatable bonds is 5. The fourth-order valence-corrected chi connectivity index (χ4v) is 1.76. The van der Waals surface area contributed by atoms with Gasteiger partial charge >= 0.3 is 5.97 Å². The molecule has 1 aromatic rings. The average Bonchev–Trinajstić information content (AvgIpc) is 2.15. The van der Waals surface area contributed by atoms with Gasteiger partial charge in [-0.1, -0.05) is 11.6 Å².